The van der Waals surface area contributed by atoms with Crippen LogP contribution in [0.25, 0.3) is 5.52 Å². The number of fused-ring (bicyclic) bond motifs is 1. The topological polar surface area (TPSA) is 68.2 Å². The van der Waals surface area contributed by atoms with Crippen molar-refractivity contribution < 1.29 is 0 Å². The fraction of sp³-hybridized carbons (Fsp3) is 0.538. The summed E-state index contributed by atoms with van der Waals surface area (Å²) < 4.78 is 1.95. The third kappa shape index (κ3) is 1.95. The van der Waals surface area contributed by atoms with E-state index in [4.69, 9.17) is 5.73 Å². The zero-order chi connectivity index (χ0) is 12.5. The Morgan fingerprint density at radius 2 is 2.22 bits per heavy atom. The van der Waals surface area contributed by atoms with Crippen LogP contribution < -0.4 is 11.1 Å². The highest BCUT2D eigenvalue weighted by atomic mass is 15.3. The van der Waals surface area contributed by atoms with Crippen molar-refractivity contribution in [1.29, 1.82) is 0 Å². The van der Waals surface area contributed by atoms with E-state index >= 15 is 0 Å². The van der Waals surface area contributed by atoms with Gasteiger partial charge in [0.1, 0.15) is 11.8 Å². The molecule has 18 heavy (non-hydrogen) atoms. The monoisotopic (exact) mass is 245 g/mol. The Balaban J connectivity index is 1.96. The summed E-state index contributed by atoms with van der Waals surface area (Å²) in [5, 5.41) is 7.86. The predicted molar refractivity (Wildman–Crippen MR) is 71.5 cm³/mol. The van der Waals surface area contributed by atoms with Crippen molar-refractivity contribution in [2.24, 2.45) is 0 Å². The molecule has 2 aromatic heterocycles. The lowest BCUT2D eigenvalue weighted by atomic mass is 9.96. The highest BCUT2D eigenvalue weighted by molar-refractivity contribution is 5.65. The number of nitrogens with zero attached hydrogens (tertiary/aromatic N) is 3. The number of aromatic nitrogens is 3. The van der Waals surface area contributed by atoms with Crippen LogP contribution in [-0.2, 0) is 0 Å². The standard InChI is InChI=1S/C13H19N5/c1-9-2-3-10(6-7-15-9)11-4-5-12-13(14)16-8-17-18(11)12/h4-5,8-10,15H,2-3,6-7H2,1H3,(H2,14,16,17). The lowest BCUT2D eigenvalue weighted by Crippen LogP contribution is -2.24. The van der Waals surface area contributed by atoms with Crippen LogP contribution in [0.1, 0.15) is 37.8 Å². The molecule has 1 fully saturated rings. The number of nitrogens with one attached hydrogen (secondary N) is 1. The van der Waals surface area contributed by atoms with Crippen LogP contribution in [0.5, 0.6) is 0 Å². The molecular weight excluding hydrogens is 226 g/mol. The summed E-state index contributed by atoms with van der Waals surface area (Å²) >= 11 is 0. The van der Waals surface area contributed by atoms with E-state index in [1.165, 1.54) is 24.9 Å². The fourth-order valence-electron chi connectivity index (χ4n) is 2.78. The zero-order valence-electron chi connectivity index (χ0n) is 10.6. The minimum Gasteiger partial charge on any atom is -0.382 e. The van der Waals surface area contributed by atoms with Gasteiger partial charge >= 0.3 is 0 Å². The molecule has 3 rings (SSSR count). The van der Waals surface area contributed by atoms with Gasteiger partial charge in [0.15, 0.2) is 5.82 Å². The van der Waals surface area contributed by atoms with Gasteiger partial charge in [-0.3, -0.25) is 0 Å². The third-order valence-corrected chi connectivity index (χ3v) is 3.86. The molecule has 1 saturated heterocycles. The van der Waals surface area contributed by atoms with Gasteiger partial charge in [0.05, 0.1) is 0 Å². The first-order valence-corrected chi connectivity index (χ1v) is 6.57. The zero-order valence-corrected chi connectivity index (χ0v) is 10.6. The van der Waals surface area contributed by atoms with Crippen LogP contribution in [0, 0.1) is 0 Å². The van der Waals surface area contributed by atoms with E-state index in [1.54, 1.807) is 0 Å². The summed E-state index contributed by atoms with van der Waals surface area (Å²) in [5.41, 5.74) is 8.04. The Morgan fingerprint density at radius 1 is 1.33 bits per heavy atom. The Labute approximate surface area is 106 Å². The molecule has 0 aromatic carbocycles. The fourth-order valence-corrected chi connectivity index (χ4v) is 2.78. The minimum absolute atomic E-state index is 0.552. The maximum absolute atomic E-state index is 5.87. The molecule has 96 valence electrons. The molecule has 0 bridgehead atoms. The molecule has 3 N–H and O–H groups in total. The van der Waals surface area contributed by atoms with E-state index in [1.807, 2.05) is 10.6 Å². The van der Waals surface area contributed by atoms with Gasteiger partial charge in [0.25, 0.3) is 0 Å². The van der Waals surface area contributed by atoms with Crippen LogP contribution in [0.3, 0.4) is 0 Å². The van der Waals surface area contributed by atoms with Crippen LogP contribution in [-0.4, -0.2) is 27.2 Å². The van der Waals surface area contributed by atoms with Crippen molar-refractivity contribution in [2.75, 3.05) is 12.3 Å². The molecule has 1 aliphatic rings. The lowest BCUT2D eigenvalue weighted by Gasteiger charge is -2.13. The van der Waals surface area contributed by atoms with Gasteiger partial charge in [-0.2, -0.15) is 5.10 Å². The Bertz CT molecular complexity index is 547. The summed E-state index contributed by atoms with van der Waals surface area (Å²) in [6.07, 6.45) is 5.09. The van der Waals surface area contributed by atoms with Gasteiger partial charge in [0.2, 0.25) is 0 Å². The van der Waals surface area contributed by atoms with E-state index < -0.39 is 0 Å². The second kappa shape index (κ2) is 4.57. The van der Waals surface area contributed by atoms with Crippen molar-refractivity contribution in [1.82, 2.24) is 19.9 Å². The number of nitrogens with two attached hydrogens (primary N) is 1. The minimum atomic E-state index is 0.552. The van der Waals surface area contributed by atoms with Crippen LogP contribution in [0.2, 0.25) is 0 Å². The van der Waals surface area contributed by atoms with Crippen LogP contribution >= 0.6 is 0 Å². The molecule has 2 atom stereocenters. The van der Waals surface area contributed by atoms with Gasteiger partial charge in [-0.25, -0.2) is 9.50 Å². The first kappa shape index (κ1) is 11.5. The van der Waals surface area contributed by atoms with E-state index in [2.05, 4.69) is 28.4 Å². The highest BCUT2D eigenvalue weighted by Gasteiger charge is 2.20. The first-order valence-electron chi connectivity index (χ1n) is 6.57. The van der Waals surface area contributed by atoms with E-state index in [9.17, 15) is 0 Å². The molecule has 0 radical (unpaired) electrons. The average Bonchev–Trinajstić information content (AvgIpc) is 2.68. The Kier molecular flexibility index (Phi) is 2.91. The smallest absolute Gasteiger partial charge is 0.151 e. The molecule has 0 spiro atoms. The van der Waals surface area contributed by atoms with Crippen molar-refractivity contribution in [2.45, 2.75) is 38.1 Å². The third-order valence-electron chi connectivity index (χ3n) is 3.86. The maximum Gasteiger partial charge on any atom is 0.151 e. The Hall–Kier alpha value is -1.62. The number of anilines is 1. The van der Waals surface area contributed by atoms with Gasteiger partial charge < -0.3 is 11.1 Å². The molecule has 2 aromatic rings. The molecule has 0 amide bonds. The molecule has 5 nitrogen and oxygen atoms in total. The van der Waals surface area contributed by atoms with Gasteiger partial charge in [0, 0.05) is 17.7 Å². The second-order valence-electron chi connectivity index (χ2n) is 5.12. The Morgan fingerprint density at radius 3 is 3.11 bits per heavy atom. The summed E-state index contributed by atoms with van der Waals surface area (Å²) in [6, 6.07) is 4.77. The summed E-state index contributed by atoms with van der Waals surface area (Å²) in [4.78, 5) is 4.03. The van der Waals surface area contributed by atoms with Crippen LogP contribution in [0.15, 0.2) is 18.5 Å². The molecule has 5 heteroatoms. The van der Waals surface area contributed by atoms with Gasteiger partial charge in [-0.15, -0.1) is 0 Å². The highest BCUT2D eigenvalue weighted by Crippen LogP contribution is 2.29. The summed E-state index contributed by atoms with van der Waals surface area (Å²) in [7, 11) is 0. The van der Waals surface area contributed by atoms with Crippen molar-refractivity contribution in [3.05, 3.63) is 24.2 Å². The molecule has 1 aliphatic heterocycles. The van der Waals surface area contributed by atoms with E-state index in [0.717, 1.165) is 18.5 Å². The predicted octanol–water partition coefficient (Wildman–Crippen LogP) is 1.56. The number of rotatable bonds is 1. The van der Waals surface area contributed by atoms with Gasteiger partial charge in [-0.1, -0.05) is 0 Å². The first-order chi connectivity index (χ1) is 8.75. The van der Waals surface area contributed by atoms with Crippen molar-refractivity contribution >= 4 is 11.3 Å². The van der Waals surface area contributed by atoms with Gasteiger partial charge in [-0.05, 0) is 44.9 Å². The second-order valence-corrected chi connectivity index (χ2v) is 5.12. The van der Waals surface area contributed by atoms with E-state index in [0.29, 0.717) is 17.8 Å². The molecule has 3 heterocycles. The summed E-state index contributed by atoms with van der Waals surface area (Å²) in [6.45, 7) is 3.32. The largest absolute Gasteiger partial charge is 0.382 e. The molecular formula is C13H19N5. The maximum atomic E-state index is 5.87. The lowest BCUT2D eigenvalue weighted by molar-refractivity contribution is 0.542. The normalized spacial score (nSPS) is 25.2. The number of hydrogen-bond donors (Lipinski definition) is 2. The SMILES string of the molecule is CC1CCC(c2ccc3c(N)ncnn23)CCN1. The molecule has 2 unspecified atom stereocenters. The number of nitrogen functional groups attached to an aromatic ring is 1. The van der Waals surface area contributed by atoms with Crippen LogP contribution in [0.4, 0.5) is 5.82 Å². The summed E-state index contributed by atoms with van der Waals surface area (Å²) in [5.74, 6) is 1.11. The number of hydrogen-bond acceptors (Lipinski definition) is 4. The molecule has 0 aliphatic carbocycles. The van der Waals surface area contributed by atoms with Crippen molar-refractivity contribution in [3.8, 4) is 0 Å². The van der Waals surface area contributed by atoms with E-state index in [-0.39, 0.29) is 0 Å². The average molecular weight is 245 g/mol. The van der Waals surface area contributed by atoms with Crippen molar-refractivity contribution in [3.63, 3.8) is 0 Å². The molecule has 0 saturated carbocycles. The quantitative estimate of drug-likeness (QED) is 0.800.